The van der Waals surface area contributed by atoms with E-state index in [-0.39, 0.29) is 17.0 Å². The Labute approximate surface area is 150 Å². The van der Waals surface area contributed by atoms with Crippen molar-refractivity contribution in [2.45, 2.75) is 56.2 Å². The van der Waals surface area contributed by atoms with Gasteiger partial charge in [0, 0.05) is 0 Å². The lowest BCUT2D eigenvalue weighted by molar-refractivity contribution is 0.150. The number of sulfonamides is 1. The van der Waals surface area contributed by atoms with Crippen molar-refractivity contribution in [1.29, 1.82) is 0 Å². The summed E-state index contributed by atoms with van der Waals surface area (Å²) in [6, 6.07) is 15.8. The minimum Gasteiger partial charge on any atom is -0.391 e. The van der Waals surface area contributed by atoms with Gasteiger partial charge in [0.2, 0.25) is 10.0 Å². The largest absolute Gasteiger partial charge is 0.391 e. The number of rotatable bonds is 7. The van der Waals surface area contributed by atoms with Gasteiger partial charge in [-0.1, -0.05) is 67.8 Å². The molecule has 4 atom stereocenters. The first-order valence-corrected chi connectivity index (χ1v) is 10.2. The normalized spacial score (nSPS) is 24.0. The molecule has 1 aliphatic rings. The summed E-state index contributed by atoms with van der Waals surface area (Å²) >= 11 is 0. The van der Waals surface area contributed by atoms with Crippen LogP contribution in [0.1, 0.15) is 43.4 Å². The third kappa shape index (κ3) is 3.64. The highest BCUT2D eigenvalue weighted by Crippen LogP contribution is 2.49. The third-order valence-electron chi connectivity index (χ3n) is 4.79. The van der Waals surface area contributed by atoms with Crippen LogP contribution in [0.3, 0.4) is 0 Å². The maximum atomic E-state index is 13.1. The number of hydrogen-bond donors (Lipinski definition) is 1. The molecule has 3 rings (SSSR count). The molecule has 1 fully saturated rings. The van der Waals surface area contributed by atoms with Crippen LogP contribution in [0.15, 0.2) is 59.5 Å². The van der Waals surface area contributed by atoms with Crippen LogP contribution in [0.5, 0.6) is 0 Å². The van der Waals surface area contributed by atoms with Crippen molar-refractivity contribution >= 4 is 10.0 Å². The lowest BCUT2D eigenvalue weighted by atomic mass is 10.0. The van der Waals surface area contributed by atoms with Crippen LogP contribution in [0.2, 0.25) is 0 Å². The fourth-order valence-corrected chi connectivity index (χ4v) is 5.12. The van der Waals surface area contributed by atoms with Crippen LogP contribution < -0.4 is 0 Å². The molecule has 0 spiro atoms. The molecule has 0 aliphatic carbocycles. The highest BCUT2D eigenvalue weighted by atomic mass is 32.2. The number of benzene rings is 2. The van der Waals surface area contributed by atoms with E-state index in [4.69, 9.17) is 0 Å². The molecule has 4 nitrogen and oxygen atoms in total. The van der Waals surface area contributed by atoms with Gasteiger partial charge >= 0.3 is 0 Å². The van der Waals surface area contributed by atoms with E-state index in [1.54, 1.807) is 24.3 Å². The van der Waals surface area contributed by atoms with Crippen LogP contribution in [0.4, 0.5) is 0 Å². The average molecular weight is 359 g/mol. The van der Waals surface area contributed by atoms with Crippen molar-refractivity contribution in [1.82, 2.24) is 4.31 Å². The lowest BCUT2D eigenvalue weighted by Crippen LogP contribution is -2.23. The summed E-state index contributed by atoms with van der Waals surface area (Å²) < 4.78 is 27.7. The zero-order valence-corrected chi connectivity index (χ0v) is 15.5. The topological polar surface area (TPSA) is 57.4 Å². The Kier molecular flexibility index (Phi) is 5.27. The Balaban J connectivity index is 1.92. The molecule has 0 amide bonds. The Morgan fingerprint density at radius 1 is 1.08 bits per heavy atom. The second kappa shape index (κ2) is 7.28. The van der Waals surface area contributed by atoms with Gasteiger partial charge in [0.25, 0.3) is 0 Å². The Morgan fingerprint density at radius 2 is 1.72 bits per heavy atom. The molecule has 0 aromatic heterocycles. The summed E-state index contributed by atoms with van der Waals surface area (Å²) in [5.74, 6) is 0. The molecule has 0 bridgehead atoms. The monoisotopic (exact) mass is 359 g/mol. The Bertz CT molecular complexity index is 803. The summed E-state index contributed by atoms with van der Waals surface area (Å²) in [7, 11) is -3.63. The maximum Gasteiger partial charge on any atom is 0.244 e. The van der Waals surface area contributed by atoms with Crippen LogP contribution in [-0.4, -0.2) is 30.0 Å². The molecule has 1 unspecified atom stereocenters. The second-order valence-electron chi connectivity index (χ2n) is 6.70. The standard InChI is InChI=1S/C20H25NO3S/c1-3-4-10-18(22)20-19(16-8-6-5-7-9-16)21(20)25(23,24)17-13-11-15(2)12-14-17/h5-9,11-14,18-20,22H,3-4,10H2,1-2H3/t18-,19+,20-,21?/m1/s1. The summed E-state index contributed by atoms with van der Waals surface area (Å²) in [4.78, 5) is 0.282. The molecule has 0 radical (unpaired) electrons. The van der Waals surface area contributed by atoms with Gasteiger partial charge in [0.05, 0.1) is 23.1 Å². The van der Waals surface area contributed by atoms with E-state index in [2.05, 4.69) is 6.92 Å². The molecule has 0 saturated carbocycles. The molecule has 2 aromatic rings. The number of nitrogens with zero attached hydrogens (tertiary/aromatic N) is 1. The summed E-state index contributed by atoms with van der Waals surface area (Å²) in [5, 5.41) is 10.6. The van der Waals surface area contributed by atoms with E-state index in [1.165, 1.54) is 4.31 Å². The van der Waals surface area contributed by atoms with Crippen molar-refractivity contribution in [2.75, 3.05) is 0 Å². The summed E-state index contributed by atoms with van der Waals surface area (Å²) in [5.41, 5.74) is 1.95. The first-order chi connectivity index (χ1) is 12.0. The minimum atomic E-state index is -3.63. The molecule has 2 aromatic carbocycles. The maximum absolute atomic E-state index is 13.1. The van der Waals surface area contributed by atoms with Gasteiger partial charge in [-0.25, -0.2) is 8.42 Å². The van der Waals surface area contributed by atoms with Gasteiger partial charge < -0.3 is 5.11 Å². The molecule has 5 heteroatoms. The van der Waals surface area contributed by atoms with Gasteiger partial charge in [-0.3, -0.25) is 0 Å². The highest BCUT2D eigenvalue weighted by Gasteiger charge is 2.59. The highest BCUT2D eigenvalue weighted by molar-refractivity contribution is 7.89. The van der Waals surface area contributed by atoms with Crippen LogP contribution >= 0.6 is 0 Å². The first kappa shape index (κ1) is 18.1. The molecular weight excluding hydrogens is 334 g/mol. The summed E-state index contributed by atoms with van der Waals surface area (Å²) in [6.07, 6.45) is 1.83. The van der Waals surface area contributed by atoms with Crippen molar-refractivity contribution < 1.29 is 13.5 Å². The van der Waals surface area contributed by atoms with Crippen molar-refractivity contribution in [3.05, 3.63) is 65.7 Å². The number of aliphatic hydroxyl groups is 1. The number of unbranched alkanes of at least 4 members (excludes halogenated alkanes) is 1. The average Bonchev–Trinajstić information content (AvgIpc) is 3.37. The van der Waals surface area contributed by atoms with Crippen LogP contribution in [0, 0.1) is 6.92 Å². The van der Waals surface area contributed by atoms with Crippen molar-refractivity contribution in [3.63, 3.8) is 0 Å². The second-order valence-corrected chi connectivity index (χ2v) is 8.55. The smallest absolute Gasteiger partial charge is 0.244 e. The van der Waals surface area contributed by atoms with Gasteiger partial charge in [-0.2, -0.15) is 4.31 Å². The van der Waals surface area contributed by atoms with Gasteiger partial charge in [0.15, 0.2) is 0 Å². The van der Waals surface area contributed by atoms with Gasteiger partial charge in [-0.05, 0) is 31.0 Å². The minimum absolute atomic E-state index is 0.282. The quantitative estimate of drug-likeness (QED) is 0.768. The van der Waals surface area contributed by atoms with Gasteiger partial charge in [0.1, 0.15) is 0 Å². The molecule has 1 N–H and O–H groups in total. The van der Waals surface area contributed by atoms with E-state index in [1.807, 2.05) is 37.3 Å². The van der Waals surface area contributed by atoms with E-state index >= 15 is 0 Å². The van der Waals surface area contributed by atoms with E-state index < -0.39 is 16.1 Å². The Morgan fingerprint density at radius 3 is 2.32 bits per heavy atom. The fraction of sp³-hybridized carbons (Fsp3) is 0.400. The molecule has 1 saturated heterocycles. The zero-order valence-electron chi connectivity index (χ0n) is 14.7. The fourth-order valence-electron chi connectivity index (χ4n) is 3.33. The number of hydrogen-bond acceptors (Lipinski definition) is 3. The predicted molar refractivity (Wildman–Crippen MR) is 98.7 cm³/mol. The predicted octanol–water partition coefficient (Wildman–Crippen LogP) is 3.66. The zero-order chi connectivity index (χ0) is 18.0. The van der Waals surface area contributed by atoms with E-state index in [0.29, 0.717) is 6.42 Å². The lowest BCUT2D eigenvalue weighted by Gasteiger charge is -2.10. The van der Waals surface area contributed by atoms with Crippen molar-refractivity contribution in [2.24, 2.45) is 0 Å². The van der Waals surface area contributed by atoms with Gasteiger partial charge in [-0.15, -0.1) is 0 Å². The third-order valence-corrected chi connectivity index (χ3v) is 6.68. The molecular formula is C20H25NO3S. The van der Waals surface area contributed by atoms with E-state index in [9.17, 15) is 13.5 Å². The van der Waals surface area contributed by atoms with E-state index in [0.717, 1.165) is 24.0 Å². The van der Waals surface area contributed by atoms with Crippen molar-refractivity contribution in [3.8, 4) is 0 Å². The number of aryl methyl sites for hydroxylation is 1. The molecule has 1 aliphatic heterocycles. The van der Waals surface area contributed by atoms with Crippen LogP contribution in [-0.2, 0) is 10.0 Å². The summed E-state index contributed by atoms with van der Waals surface area (Å²) in [6.45, 7) is 3.99. The molecule has 134 valence electrons. The number of aliphatic hydroxyl groups excluding tert-OH is 1. The first-order valence-electron chi connectivity index (χ1n) is 8.80. The SMILES string of the molecule is CCCC[C@@H](O)[C@@H]1[C@H](c2ccccc2)N1S(=O)(=O)c1ccc(C)cc1. The molecule has 25 heavy (non-hydrogen) atoms. The molecule has 1 heterocycles. The van der Waals surface area contributed by atoms with Crippen LogP contribution in [0.25, 0.3) is 0 Å². The Hall–Kier alpha value is -1.69.